The van der Waals surface area contributed by atoms with Crippen LogP contribution < -0.4 is 4.89 Å². The smallest absolute Gasteiger partial charge is 0.306 e. The van der Waals surface area contributed by atoms with Gasteiger partial charge >= 0.3 is 11.9 Å². The molecular formula is C87H166NO8P. The molecule has 2 atom stereocenters. The summed E-state index contributed by atoms with van der Waals surface area (Å²) in [6.07, 6.45) is 104. The first-order valence-corrected chi connectivity index (χ1v) is 44.3. The molecule has 0 aromatic heterocycles. The van der Waals surface area contributed by atoms with Crippen molar-refractivity contribution in [3.8, 4) is 0 Å². The first-order valence-electron chi connectivity index (χ1n) is 42.8. The molecule has 97 heavy (non-hydrogen) atoms. The highest BCUT2D eigenvalue weighted by atomic mass is 31.2. The normalized spacial score (nSPS) is 13.2. The van der Waals surface area contributed by atoms with Crippen molar-refractivity contribution in [2.75, 3.05) is 47.5 Å². The highest BCUT2D eigenvalue weighted by Gasteiger charge is 2.22. The maximum absolute atomic E-state index is 12.9. The van der Waals surface area contributed by atoms with Gasteiger partial charge in [0.1, 0.15) is 19.8 Å². The van der Waals surface area contributed by atoms with Crippen molar-refractivity contribution in [1.82, 2.24) is 0 Å². The summed E-state index contributed by atoms with van der Waals surface area (Å²) in [6.45, 7) is 4.22. The van der Waals surface area contributed by atoms with E-state index in [0.717, 1.165) is 57.8 Å². The van der Waals surface area contributed by atoms with Crippen molar-refractivity contribution in [2.45, 2.75) is 450 Å². The third kappa shape index (κ3) is 82.8. The molecule has 0 saturated carbocycles. The summed E-state index contributed by atoms with van der Waals surface area (Å²) in [6, 6.07) is 0. The van der Waals surface area contributed by atoms with Gasteiger partial charge in [0.25, 0.3) is 7.82 Å². The number of quaternary nitrogens is 1. The fourth-order valence-corrected chi connectivity index (χ4v) is 13.9. The number of unbranched alkanes of at least 4 members (excludes halogenated alkanes) is 59. The Bertz CT molecular complexity index is 1770. The molecule has 0 aliphatic rings. The van der Waals surface area contributed by atoms with Crippen LogP contribution in [0.2, 0.25) is 0 Å². The molecule has 10 heteroatoms. The second kappa shape index (κ2) is 78.1. The molecule has 0 bridgehead atoms. The van der Waals surface area contributed by atoms with E-state index < -0.39 is 26.5 Å². The molecule has 572 valence electrons. The molecule has 0 heterocycles. The van der Waals surface area contributed by atoms with Gasteiger partial charge in [-0.2, -0.15) is 0 Å². The van der Waals surface area contributed by atoms with Gasteiger partial charge in [-0.1, -0.05) is 428 Å². The summed E-state index contributed by atoms with van der Waals surface area (Å²) in [7, 11) is 1.19. The molecule has 0 aromatic rings. The number of hydrogen-bond donors (Lipinski definition) is 0. The minimum atomic E-state index is -4.64. The predicted molar refractivity (Wildman–Crippen MR) is 420 cm³/mol. The van der Waals surface area contributed by atoms with Crippen LogP contribution in [0.1, 0.15) is 444 Å². The van der Waals surface area contributed by atoms with E-state index in [1.54, 1.807) is 0 Å². The Balaban J connectivity index is 3.86. The number of esters is 2. The van der Waals surface area contributed by atoms with Crippen LogP contribution in [-0.4, -0.2) is 70.0 Å². The summed E-state index contributed by atoms with van der Waals surface area (Å²) in [5.41, 5.74) is 0. The largest absolute Gasteiger partial charge is 0.756 e. The maximum atomic E-state index is 12.9. The lowest BCUT2D eigenvalue weighted by Gasteiger charge is -2.28. The van der Waals surface area contributed by atoms with Gasteiger partial charge in [-0.25, -0.2) is 0 Å². The second-order valence-electron chi connectivity index (χ2n) is 30.5. The van der Waals surface area contributed by atoms with Crippen LogP contribution in [0.4, 0.5) is 0 Å². The molecule has 2 unspecified atom stereocenters. The zero-order valence-electron chi connectivity index (χ0n) is 65.6. The SMILES string of the molecule is CC/C=C\C/C=C\C/C=C\C/C=C\CCCCCCCCCCCCCCCCCCCCCCCCCCCCC(=O)OC(COC(=O)CCCCCCCCCCCCCCCCCCCCCCCCCCCCCCCCCCCC)COP(=O)([O-])OCC[N+](C)(C)C. The summed E-state index contributed by atoms with van der Waals surface area (Å²) < 4.78 is 34.5. The highest BCUT2D eigenvalue weighted by molar-refractivity contribution is 7.45. The first-order chi connectivity index (χ1) is 47.5. The van der Waals surface area contributed by atoms with Gasteiger partial charge < -0.3 is 27.9 Å². The van der Waals surface area contributed by atoms with Crippen LogP contribution >= 0.6 is 7.82 Å². The van der Waals surface area contributed by atoms with E-state index in [9.17, 15) is 19.0 Å². The van der Waals surface area contributed by atoms with E-state index in [0.29, 0.717) is 17.4 Å². The van der Waals surface area contributed by atoms with Crippen LogP contribution in [-0.2, 0) is 32.7 Å². The first kappa shape index (κ1) is 95.0. The predicted octanol–water partition coefficient (Wildman–Crippen LogP) is 28.1. The van der Waals surface area contributed by atoms with E-state index in [4.69, 9.17) is 18.5 Å². The Kier molecular flexibility index (Phi) is 76.5. The lowest BCUT2D eigenvalue weighted by molar-refractivity contribution is -0.870. The molecular weight excluding hydrogens is 1220 g/mol. The van der Waals surface area contributed by atoms with Gasteiger partial charge in [0.05, 0.1) is 27.7 Å². The Morgan fingerprint density at radius 1 is 0.330 bits per heavy atom. The van der Waals surface area contributed by atoms with Crippen LogP contribution in [0.15, 0.2) is 48.6 Å². The molecule has 0 amide bonds. The molecule has 0 aliphatic carbocycles. The van der Waals surface area contributed by atoms with E-state index in [-0.39, 0.29) is 32.0 Å². The molecule has 0 aromatic carbocycles. The van der Waals surface area contributed by atoms with E-state index in [2.05, 4.69) is 62.5 Å². The fourth-order valence-electron chi connectivity index (χ4n) is 13.1. The van der Waals surface area contributed by atoms with Crippen LogP contribution in [0.3, 0.4) is 0 Å². The lowest BCUT2D eigenvalue weighted by atomic mass is 10.0. The number of carbonyl (C=O) groups excluding carboxylic acids is 2. The Morgan fingerprint density at radius 2 is 0.588 bits per heavy atom. The summed E-state index contributed by atoms with van der Waals surface area (Å²) in [5.74, 6) is -0.804. The molecule has 0 saturated heterocycles. The quantitative estimate of drug-likeness (QED) is 0.0195. The Morgan fingerprint density at radius 3 is 0.876 bits per heavy atom. The fraction of sp³-hybridized carbons (Fsp3) is 0.885. The van der Waals surface area contributed by atoms with Crippen molar-refractivity contribution in [3.05, 3.63) is 48.6 Å². The number of phosphoric acid groups is 1. The van der Waals surface area contributed by atoms with Gasteiger partial charge in [0.15, 0.2) is 6.10 Å². The average molecular weight is 1390 g/mol. The number of nitrogens with zero attached hydrogens (tertiary/aromatic N) is 1. The zero-order chi connectivity index (χ0) is 70.4. The number of hydrogen-bond acceptors (Lipinski definition) is 8. The topological polar surface area (TPSA) is 111 Å². The number of phosphoric ester groups is 1. The third-order valence-corrected chi connectivity index (χ3v) is 20.6. The number of carbonyl (C=O) groups is 2. The monoisotopic (exact) mass is 1380 g/mol. The van der Waals surface area contributed by atoms with Crippen LogP contribution in [0, 0.1) is 0 Å². The molecule has 0 spiro atoms. The van der Waals surface area contributed by atoms with Gasteiger partial charge in [-0.05, 0) is 51.4 Å². The van der Waals surface area contributed by atoms with E-state index in [1.807, 2.05) is 21.1 Å². The molecule has 0 aliphatic heterocycles. The summed E-state index contributed by atoms with van der Waals surface area (Å²) >= 11 is 0. The average Bonchev–Trinajstić information content (AvgIpc) is 1.69. The lowest BCUT2D eigenvalue weighted by Crippen LogP contribution is -2.37. The van der Waals surface area contributed by atoms with Gasteiger partial charge in [0, 0.05) is 12.8 Å². The molecule has 0 radical (unpaired) electrons. The van der Waals surface area contributed by atoms with Crippen molar-refractivity contribution < 1.29 is 42.1 Å². The van der Waals surface area contributed by atoms with Gasteiger partial charge in [-0.15, -0.1) is 0 Å². The highest BCUT2D eigenvalue weighted by Crippen LogP contribution is 2.38. The summed E-state index contributed by atoms with van der Waals surface area (Å²) in [5, 5.41) is 0. The van der Waals surface area contributed by atoms with E-state index >= 15 is 0 Å². The minimum Gasteiger partial charge on any atom is -0.756 e. The maximum Gasteiger partial charge on any atom is 0.306 e. The van der Waals surface area contributed by atoms with E-state index in [1.165, 1.54) is 353 Å². The van der Waals surface area contributed by atoms with Crippen molar-refractivity contribution in [1.29, 1.82) is 0 Å². The molecule has 9 nitrogen and oxygen atoms in total. The number of ether oxygens (including phenoxy) is 2. The van der Waals surface area contributed by atoms with Crippen LogP contribution in [0.25, 0.3) is 0 Å². The standard InChI is InChI=1S/C87H166NO8P/c1-6-8-10-12-14-16-18-20-22-24-26-28-30-32-34-36-38-40-42-43-44-45-46-48-50-52-54-56-58-60-62-64-66-68-70-72-74-76-78-80-87(90)96-85(84-95-97(91,92)94-82-81-88(3,4)5)83-93-86(89)79-77-75-73-71-69-67-65-63-61-59-57-55-53-51-49-47-41-39-37-35-33-31-29-27-25-23-21-19-17-15-13-11-9-7-2/h8,10,14,16,20,22,26,28,85H,6-7,9,11-13,15,17-19,21,23-25,27,29-84H2,1-5H3/b10-8-,16-14-,22-20-,28-26-. The zero-order valence-corrected chi connectivity index (χ0v) is 66.5. The number of rotatable bonds is 81. The van der Waals surface area contributed by atoms with Crippen molar-refractivity contribution in [3.63, 3.8) is 0 Å². The molecule has 0 fully saturated rings. The Labute approximate surface area is 604 Å². The minimum absolute atomic E-state index is 0.0269. The van der Waals surface area contributed by atoms with Crippen molar-refractivity contribution in [2.24, 2.45) is 0 Å². The third-order valence-electron chi connectivity index (χ3n) is 19.6. The van der Waals surface area contributed by atoms with Gasteiger partial charge in [-0.3, -0.25) is 14.2 Å². The Hall–Kier alpha value is -2.03. The number of likely N-dealkylation sites (N-methyl/N-ethyl adjacent to an activating group) is 1. The molecule has 0 rings (SSSR count). The van der Waals surface area contributed by atoms with Gasteiger partial charge in [0.2, 0.25) is 0 Å². The van der Waals surface area contributed by atoms with Crippen molar-refractivity contribution >= 4 is 19.8 Å². The second-order valence-corrected chi connectivity index (χ2v) is 31.9. The molecule has 0 N–H and O–H groups in total. The number of allylic oxidation sites excluding steroid dienone is 8. The summed E-state index contributed by atoms with van der Waals surface area (Å²) in [4.78, 5) is 38.2. The van der Waals surface area contributed by atoms with Crippen LogP contribution in [0.5, 0.6) is 0 Å².